The molecule has 15 rings (SSSR count). The summed E-state index contributed by atoms with van der Waals surface area (Å²) in [5.41, 5.74) is 5.05. The van der Waals surface area contributed by atoms with Crippen molar-refractivity contribution in [2.24, 2.45) is 0 Å². The van der Waals surface area contributed by atoms with Gasteiger partial charge in [-0.1, -0.05) is 13.3 Å². The highest BCUT2D eigenvalue weighted by Crippen LogP contribution is 2.47. The molecule has 0 radical (unpaired) electrons. The normalized spacial score (nSPS) is 26.9. The predicted molar refractivity (Wildman–Crippen MR) is 515 cm³/mol. The van der Waals surface area contributed by atoms with Gasteiger partial charge in [0, 0.05) is 29.0 Å². The van der Waals surface area contributed by atoms with Gasteiger partial charge in [-0.25, -0.2) is 39.9 Å². The molecule has 5 fully saturated rings. The predicted octanol–water partition coefficient (Wildman–Crippen LogP) is 3.51. The number of nitrogens with two attached hydrogens (primary N) is 1. The fraction of sp³-hybridized carbons (Fsp3) is 0.615. The van der Waals surface area contributed by atoms with Crippen molar-refractivity contribution in [3.63, 3.8) is 0 Å². The molecule has 0 spiro atoms. The summed E-state index contributed by atoms with van der Waals surface area (Å²) in [6.07, 6.45) is 10.4. The monoisotopic (exact) mass is 2080 g/mol. The van der Waals surface area contributed by atoms with Crippen molar-refractivity contribution >= 4 is 178 Å². The Morgan fingerprint density at radius 3 is 1.03 bits per heavy atom. The number of unbranched alkanes of at least 4 members (excludes halogenated alkanes) is 1. The minimum absolute atomic E-state index is 0.0272. The Kier molecular flexibility index (Phi) is 32.5. The highest BCUT2D eigenvalue weighted by atomic mass is 127. The summed E-state index contributed by atoms with van der Waals surface area (Å²) >= 11 is 11.4. The van der Waals surface area contributed by atoms with Crippen molar-refractivity contribution in [3.8, 4) is 0 Å². The van der Waals surface area contributed by atoms with Crippen LogP contribution in [0.1, 0.15) is 112 Å². The zero-order valence-corrected chi connectivity index (χ0v) is 82.8. The molecule has 41 nitrogen and oxygen atoms in total. The van der Waals surface area contributed by atoms with E-state index in [0.29, 0.717) is 81.7 Å². The minimum atomic E-state index is -1.36. The van der Waals surface area contributed by atoms with Crippen LogP contribution in [0.25, 0.3) is 55.8 Å². The molecule has 17 N–H and O–H groups in total. The highest BCUT2D eigenvalue weighted by molar-refractivity contribution is 14.1. The summed E-state index contributed by atoms with van der Waals surface area (Å²) in [6.45, 7) is 23.2. The van der Waals surface area contributed by atoms with Gasteiger partial charge in [-0.3, -0.25) is 51.8 Å². The van der Waals surface area contributed by atoms with Crippen molar-refractivity contribution < 1.29 is 79.1 Å². The number of aliphatic hydroxyl groups is 10. The molecule has 0 aromatic carbocycles. The number of H-pyrrole nitrogens is 5. The number of hydrogen-bond acceptors (Lipinski definition) is 31. The number of aryl methyl sites for hydroxylation is 5. The molecule has 128 heavy (non-hydrogen) atoms. The number of fused-ring (bicyclic) bond motifs is 5. The molecule has 5 saturated heterocycles. The number of halogens is 4. The molecule has 0 aliphatic carbocycles. The van der Waals surface area contributed by atoms with Gasteiger partial charge in [0.25, 0.3) is 33.9 Å². The molecule has 50 heteroatoms. The van der Waals surface area contributed by atoms with E-state index in [0.717, 1.165) is 48.2 Å². The third-order valence-electron chi connectivity index (χ3n) is 22.0. The Labute approximate surface area is 762 Å². The first-order chi connectivity index (χ1) is 59.4. The number of imidazole rings is 5. The zero-order valence-electron chi connectivity index (χ0n) is 73.9. The number of nitrogens with one attached hydrogen (secondary N) is 5. The fourth-order valence-corrected chi connectivity index (χ4v) is 21.6. The molecule has 15 heterocycles. The van der Waals surface area contributed by atoms with Gasteiger partial charge >= 0.3 is 0 Å². The SMILES string of the molecule is C=P(C)(C)CC[C@H]1O[C@@H](n2c(Br)nc3c(=O)[nH]c(C)nc32)[C@H](O)[C@@H]1O.C=P(C)(C)CC[C@H]1O[C@@H](n2c(CCCC)nc3c(=O)[nH]c(N)nc32)[C@H](O)[C@@H]1O.C=P(C)(C)CC[C@H]1O[C@@H](n2c(Cl)nc3c(=O)[nH]c(C)nc32)[C@H](O)[C@@H]1O.C=P(C)(C)CC[C@H]1O[C@@H](n2c(F)nc3c(=O)[nH]c(C)nc32)[C@H](O)[C@@H]1O.C=P(C)(C)CC[C@H]1O[C@@H](n2c(I)nc3c(=O)[nH]c(C)nc32)[C@H](O)[C@@H]1O. The van der Waals surface area contributed by atoms with Gasteiger partial charge in [0.05, 0.1) is 30.5 Å². The molecule has 10 aromatic heterocycles. The minimum Gasteiger partial charge on any atom is -0.388 e. The van der Waals surface area contributed by atoms with Gasteiger partial charge in [0.2, 0.25) is 11.2 Å². The third-order valence-corrected chi connectivity index (χ3v) is 30.9. The molecule has 10 aromatic rings. The van der Waals surface area contributed by atoms with Crippen LogP contribution >= 0.6 is 84.6 Å². The zero-order chi connectivity index (χ0) is 94.7. The second kappa shape index (κ2) is 40.6. The van der Waals surface area contributed by atoms with E-state index >= 15 is 0 Å². The lowest BCUT2D eigenvalue weighted by Crippen LogP contribution is -2.32. The van der Waals surface area contributed by atoms with Gasteiger partial charge < -0.3 is 100 Å². The lowest BCUT2D eigenvalue weighted by Gasteiger charge is -2.20. The van der Waals surface area contributed by atoms with Crippen LogP contribution in [0, 0.1) is 37.6 Å². The Morgan fingerprint density at radius 1 is 0.398 bits per heavy atom. The Balaban J connectivity index is 0.000000155. The quantitative estimate of drug-likeness (QED) is 0.0247. The first-order valence-electron chi connectivity index (χ1n) is 41.2. The first-order valence-corrected chi connectivity index (χ1v) is 58.8. The molecule has 0 bridgehead atoms. The van der Waals surface area contributed by atoms with E-state index < -0.39 is 180 Å². The van der Waals surface area contributed by atoms with Crippen LogP contribution in [-0.4, -0.2) is 369 Å². The summed E-state index contributed by atoms with van der Waals surface area (Å²) < 4.78 is 51.6. The van der Waals surface area contributed by atoms with E-state index in [2.05, 4.69) is 196 Å². The van der Waals surface area contributed by atoms with E-state index in [1.807, 2.05) is 22.6 Å². The van der Waals surface area contributed by atoms with E-state index in [1.165, 1.54) is 9.13 Å². The fourth-order valence-electron chi connectivity index (χ4n) is 15.3. The summed E-state index contributed by atoms with van der Waals surface area (Å²) in [6, 6.07) is 0. The molecule has 5 aliphatic rings. The number of nitrogens with zero attached hydrogens (tertiary/aromatic N) is 15. The van der Waals surface area contributed by atoms with E-state index in [4.69, 9.17) is 41.0 Å². The van der Waals surface area contributed by atoms with Crippen molar-refractivity contribution in [3.05, 3.63) is 101 Å². The van der Waals surface area contributed by atoms with E-state index in [-0.39, 0.29) is 72.7 Å². The maximum atomic E-state index is 14.4. The van der Waals surface area contributed by atoms with Gasteiger partial charge in [0.1, 0.15) is 90.2 Å². The standard InChI is InChI=1S/C18H30N5O4P.C15H22BrN4O4P.C15H22ClN4O4P.C15H22FN4O4P.C15H22IN4O4P/c1-5-6-7-11-20-12-15(21-18(19)22-16(12)26)23(11)17-14(25)13(24)10(27-17)8-9-28(2,3)4;4*1-7-17-12-9(13(23)18-7)19-15(16)20(12)14-11(22)10(21)8(24-14)5-6-25(2,3)4/h10,13-14,17,24-25H,2,5-9H2,1,3-4H3,(H3,19,21,22,26);4*8,10-11,14,21-22H,2,5-6H2,1,3-4H3,(H,17,18,23)/t10-,13-,14-,17-;4*8-,10-,11-,14-/m11111/s1. The van der Waals surface area contributed by atoms with Crippen molar-refractivity contribution in [1.29, 1.82) is 0 Å². The number of ether oxygens (including phenoxy) is 5. The summed E-state index contributed by atoms with van der Waals surface area (Å²) in [7, 11) is 0. The van der Waals surface area contributed by atoms with E-state index in [9.17, 15) is 79.4 Å². The van der Waals surface area contributed by atoms with Crippen LogP contribution < -0.4 is 33.5 Å². The number of aromatic amines is 5. The average Bonchev–Trinajstić information content (AvgIpc) is 1.59. The molecular formula is C78H118BrClFIN21O20P5. The highest BCUT2D eigenvalue weighted by Gasteiger charge is 2.51. The van der Waals surface area contributed by atoms with Crippen LogP contribution in [0.2, 0.25) is 5.28 Å². The van der Waals surface area contributed by atoms with Crippen molar-refractivity contribution in [1.82, 2.24) is 97.6 Å². The topological polar surface area (TPSA) is 592 Å². The Bertz CT molecular complexity index is 5720. The van der Waals surface area contributed by atoms with Crippen LogP contribution in [0.15, 0.2) is 28.7 Å². The van der Waals surface area contributed by atoms with Crippen LogP contribution in [0.5, 0.6) is 0 Å². The number of aromatic nitrogens is 20. The van der Waals surface area contributed by atoms with E-state index in [1.54, 1.807) is 36.8 Å². The van der Waals surface area contributed by atoms with Crippen LogP contribution in [-0.2, 0) is 30.1 Å². The van der Waals surface area contributed by atoms with Crippen LogP contribution in [0.3, 0.4) is 0 Å². The number of anilines is 1. The number of aliphatic hydroxyl groups excluding tert-OH is 10. The van der Waals surface area contributed by atoms with Crippen molar-refractivity contribution in [2.75, 3.05) is 103 Å². The molecule has 0 amide bonds. The molecule has 0 unspecified atom stereocenters. The summed E-state index contributed by atoms with van der Waals surface area (Å²) in [5, 5.41) is 104. The third kappa shape index (κ3) is 23.6. The molecule has 708 valence electrons. The van der Waals surface area contributed by atoms with Gasteiger partial charge in [-0.2, -0.15) is 14.4 Å². The summed E-state index contributed by atoms with van der Waals surface area (Å²) in [4.78, 5) is 115. The van der Waals surface area contributed by atoms with Crippen LogP contribution in [0.4, 0.5) is 10.3 Å². The molecule has 20 atom stereocenters. The Hall–Kier alpha value is -6.12. The summed E-state index contributed by atoms with van der Waals surface area (Å²) in [5.74, 6) is 2.11. The molecule has 5 aliphatic heterocycles. The van der Waals surface area contributed by atoms with Gasteiger partial charge in [-0.15, -0.1) is 65.9 Å². The molecular weight excluding hydrogens is 1970 g/mol. The molecule has 0 saturated carbocycles. The van der Waals surface area contributed by atoms with Gasteiger partial charge in [0.15, 0.2) is 95.5 Å². The largest absolute Gasteiger partial charge is 0.388 e. The first kappa shape index (κ1) is 102. The Morgan fingerprint density at radius 2 is 0.672 bits per heavy atom. The maximum Gasteiger partial charge on any atom is 0.293 e. The number of rotatable bonds is 23. The maximum absolute atomic E-state index is 14.4. The average molecular weight is 2090 g/mol. The van der Waals surface area contributed by atoms with Crippen molar-refractivity contribution in [2.45, 2.75) is 209 Å². The second-order valence-corrected chi connectivity index (χ2v) is 60.0. The lowest BCUT2D eigenvalue weighted by atomic mass is 10.1. The number of hydrogen-bond donors (Lipinski definition) is 16. The smallest absolute Gasteiger partial charge is 0.293 e. The second-order valence-electron chi connectivity index (χ2n) is 36.4. The van der Waals surface area contributed by atoms with Gasteiger partial charge in [-0.05, 0) is 191 Å². The number of nitrogen functional groups attached to an aromatic ring is 1. The lowest BCUT2D eigenvalue weighted by molar-refractivity contribution is -0.0413.